The van der Waals surface area contributed by atoms with Crippen LogP contribution in [0.4, 0.5) is 11.4 Å². The Morgan fingerprint density at radius 3 is 2.52 bits per heavy atom. The number of rotatable bonds is 3. The molecule has 1 unspecified atom stereocenters. The van der Waals surface area contributed by atoms with Crippen molar-refractivity contribution in [3.63, 3.8) is 0 Å². The van der Waals surface area contributed by atoms with E-state index in [2.05, 4.69) is 20.2 Å². The Balaban J connectivity index is 1.71. The smallest absolute Gasteiger partial charge is 0.222 e. The summed E-state index contributed by atoms with van der Waals surface area (Å²) in [4.78, 5) is 13.2. The molecular formula is C20H22Cl2N6O. The van der Waals surface area contributed by atoms with Crippen molar-refractivity contribution in [3.05, 3.63) is 58.1 Å². The van der Waals surface area contributed by atoms with Gasteiger partial charge in [0.1, 0.15) is 0 Å². The summed E-state index contributed by atoms with van der Waals surface area (Å²) in [6.45, 7) is 4.68. The average Bonchev–Trinajstić information content (AvgIpc) is 2.72. The summed E-state index contributed by atoms with van der Waals surface area (Å²) >= 11 is 12.4. The molecule has 0 radical (unpaired) electrons. The van der Waals surface area contributed by atoms with Crippen molar-refractivity contribution in [1.82, 2.24) is 4.90 Å². The Morgan fingerprint density at radius 1 is 1.10 bits per heavy atom. The number of nitrogens with zero attached hydrogens (tertiary/aromatic N) is 4. The topological polar surface area (TPSA) is 78.5 Å². The number of morpholine rings is 1. The average molecular weight is 433 g/mol. The van der Waals surface area contributed by atoms with Crippen LogP contribution < -0.4 is 16.0 Å². The highest BCUT2D eigenvalue weighted by molar-refractivity contribution is 6.31. The quantitative estimate of drug-likeness (QED) is 0.775. The highest BCUT2D eigenvalue weighted by atomic mass is 35.5. The molecule has 2 aliphatic heterocycles. The van der Waals surface area contributed by atoms with Gasteiger partial charge in [0.25, 0.3) is 0 Å². The number of benzene rings is 2. The lowest BCUT2D eigenvalue weighted by Gasteiger charge is -2.41. The van der Waals surface area contributed by atoms with Crippen molar-refractivity contribution in [2.24, 2.45) is 15.7 Å². The maximum atomic E-state index is 6.31. The summed E-state index contributed by atoms with van der Waals surface area (Å²) in [6, 6.07) is 13.4. The van der Waals surface area contributed by atoms with Gasteiger partial charge in [0.2, 0.25) is 18.2 Å². The van der Waals surface area contributed by atoms with E-state index in [4.69, 9.17) is 33.7 Å². The Kier molecular flexibility index (Phi) is 5.80. The minimum absolute atomic E-state index is 0.215. The lowest BCUT2D eigenvalue weighted by molar-refractivity contribution is 0.0671. The number of hydrogen-bond donors (Lipinski definition) is 2. The van der Waals surface area contributed by atoms with Gasteiger partial charge in [-0.2, -0.15) is 4.99 Å². The molecular weight excluding hydrogens is 411 g/mol. The number of aliphatic imine (C=N–C) groups is 2. The van der Waals surface area contributed by atoms with Crippen LogP contribution in [0.25, 0.3) is 0 Å². The van der Waals surface area contributed by atoms with Crippen molar-refractivity contribution in [2.45, 2.75) is 13.2 Å². The minimum Gasteiger partial charge on any atom is -0.378 e. The molecule has 2 aromatic carbocycles. The zero-order valence-corrected chi connectivity index (χ0v) is 17.5. The van der Waals surface area contributed by atoms with Crippen LogP contribution in [0.1, 0.15) is 5.56 Å². The van der Waals surface area contributed by atoms with E-state index < -0.39 is 6.29 Å². The van der Waals surface area contributed by atoms with Crippen molar-refractivity contribution < 1.29 is 4.74 Å². The number of nitrogens with one attached hydrogen (secondary N) is 1. The lowest BCUT2D eigenvalue weighted by Crippen LogP contribution is -2.57. The summed E-state index contributed by atoms with van der Waals surface area (Å²) in [7, 11) is 0. The number of nitrogens with two attached hydrogens (primary N) is 1. The Hall–Kier alpha value is -2.48. The maximum absolute atomic E-state index is 6.31. The zero-order chi connectivity index (χ0) is 20.4. The molecule has 0 spiro atoms. The minimum atomic E-state index is -0.495. The van der Waals surface area contributed by atoms with Gasteiger partial charge in [0.15, 0.2) is 0 Å². The molecule has 152 valence electrons. The first-order valence-electron chi connectivity index (χ1n) is 9.33. The molecule has 1 atom stereocenters. The van der Waals surface area contributed by atoms with Gasteiger partial charge in [0, 0.05) is 34.5 Å². The number of guanidine groups is 2. The van der Waals surface area contributed by atoms with Crippen molar-refractivity contribution in [3.8, 4) is 0 Å². The summed E-state index contributed by atoms with van der Waals surface area (Å²) in [5.74, 6) is 0.936. The molecule has 0 saturated carbocycles. The SMILES string of the molecule is Cc1ccc(NC2N=C(N)N=C(N3CCOCC3)N2c2ccc(Cl)cc2)cc1Cl. The van der Waals surface area contributed by atoms with Crippen LogP contribution in [0, 0.1) is 6.92 Å². The molecule has 1 saturated heterocycles. The van der Waals surface area contributed by atoms with E-state index in [1.165, 1.54) is 0 Å². The lowest BCUT2D eigenvalue weighted by atomic mass is 10.2. The summed E-state index contributed by atoms with van der Waals surface area (Å²) in [5, 5.41) is 4.76. The van der Waals surface area contributed by atoms with E-state index >= 15 is 0 Å². The molecule has 0 aliphatic carbocycles. The predicted molar refractivity (Wildman–Crippen MR) is 119 cm³/mol. The molecule has 7 nitrogen and oxygen atoms in total. The van der Waals surface area contributed by atoms with Gasteiger partial charge in [-0.3, -0.25) is 4.90 Å². The molecule has 4 rings (SSSR count). The first-order chi connectivity index (χ1) is 14.0. The van der Waals surface area contributed by atoms with E-state index in [1.807, 2.05) is 54.3 Å². The molecule has 1 fully saturated rings. The fourth-order valence-corrected chi connectivity index (χ4v) is 3.56. The summed E-state index contributed by atoms with van der Waals surface area (Å²) in [6.07, 6.45) is -0.495. The van der Waals surface area contributed by atoms with Crippen LogP contribution in [0.3, 0.4) is 0 Å². The highest BCUT2D eigenvalue weighted by Crippen LogP contribution is 2.27. The van der Waals surface area contributed by atoms with Crippen LogP contribution in [-0.4, -0.2) is 49.4 Å². The molecule has 2 aliphatic rings. The van der Waals surface area contributed by atoms with Gasteiger partial charge >= 0.3 is 0 Å². The van der Waals surface area contributed by atoms with Crippen LogP contribution in [-0.2, 0) is 4.74 Å². The van der Waals surface area contributed by atoms with Crippen LogP contribution in [0.2, 0.25) is 10.0 Å². The van der Waals surface area contributed by atoms with Gasteiger partial charge in [-0.25, -0.2) is 4.99 Å². The number of hydrogen-bond acceptors (Lipinski definition) is 7. The number of halogens is 2. The second kappa shape index (κ2) is 8.49. The van der Waals surface area contributed by atoms with Crippen LogP contribution >= 0.6 is 23.2 Å². The van der Waals surface area contributed by atoms with E-state index in [0.29, 0.717) is 23.3 Å². The fourth-order valence-electron chi connectivity index (χ4n) is 3.25. The first kappa shape index (κ1) is 19.8. The molecule has 0 bridgehead atoms. The largest absolute Gasteiger partial charge is 0.378 e. The predicted octanol–water partition coefficient (Wildman–Crippen LogP) is 3.52. The first-order valence-corrected chi connectivity index (χ1v) is 10.1. The van der Waals surface area contributed by atoms with E-state index in [1.54, 1.807) is 0 Å². The van der Waals surface area contributed by atoms with Gasteiger partial charge < -0.3 is 20.7 Å². The third kappa shape index (κ3) is 4.42. The second-order valence-electron chi connectivity index (χ2n) is 6.83. The molecule has 2 heterocycles. The summed E-state index contributed by atoms with van der Waals surface area (Å²) in [5.41, 5.74) is 8.83. The van der Waals surface area contributed by atoms with Gasteiger partial charge in [-0.15, -0.1) is 0 Å². The standard InChI is InChI=1S/C20H22Cl2N6O/c1-13-2-5-15(12-17(13)22)24-19-25-18(23)26-20(27-8-10-29-11-9-27)28(19)16-6-3-14(21)4-7-16/h2-7,12,19,24H,8-11H2,1H3,(H2,23,25). The van der Waals surface area contributed by atoms with Gasteiger partial charge in [-0.05, 0) is 48.9 Å². The Morgan fingerprint density at radius 2 is 1.83 bits per heavy atom. The third-order valence-corrected chi connectivity index (χ3v) is 5.45. The highest BCUT2D eigenvalue weighted by Gasteiger charge is 2.32. The fraction of sp³-hybridized carbons (Fsp3) is 0.300. The molecule has 2 aromatic rings. The molecule has 0 amide bonds. The van der Waals surface area contributed by atoms with Crippen molar-refractivity contribution >= 4 is 46.5 Å². The third-order valence-electron chi connectivity index (χ3n) is 4.80. The molecule has 29 heavy (non-hydrogen) atoms. The zero-order valence-electron chi connectivity index (χ0n) is 16.0. The monoisotopic (exact) mass is 432 g/mol. The van der Waals surface area contributed by atoms with Crippen LogP contribution in [0.15, 0.2) is 52.4 Å². The number of ether oxygens (including phenoxy) is 1. The number of anilines is 2. The van der Waals surface area contributed by atoms with Gasteiger partial charge in [0.05, 0.1) is 13.2 Å². The maximum Gasteiger partial charge on any atom is 0.222 e. The van der Waals surface area contributed by atoms with E-state index in [9.17, 15) is 0 Å². The molecule has 9 heteroatoms. The molecule has 0 aromatic heterocycles. The molecule has 3 N–H and O–H groups in total. The normalized spacial score (nSPS) is 19.6. The number of aryl methyl sites for hydroxylation is 1. The van der Waals surface area contributed by atoms with Gasteiger partial charge in [-0.1, -0.05) is 29.3 Å². The van der Waals surface area contributed by atoms with Crippen LogP contribution in [0.5, 0.6) is 0 Å². The van der Waals surface area contributed by atoms with E-state index in [-0.39, 0.29) is 5.96 Å². The van der Waals surface area contributed by atoms with Crippen molar-refractivity contribution in [2.75, 3.05) is 36.5 Å². The van der Waals surface area contributed by atoms with E-state index in [0.717, 1.165) is 36.0 Å². The summed E-state index contributed by atoms with van der Waals surface area (Å²) < 4.78 is 5.50. The second-order valence-corrected chi connectivity index (χ2v) is 7.67. The van der Waals surface area contributed by atoms with Crippen molar-refractivity contribution in [1.29, 1.82) is 0 Å². The Labute approximate surface area is 179 Å². The Bertz CT molecular complexity index is 940.